The zero-order valence-electron chi connectivity index (χ0n) is 23.1. The summed E-state index contributed by atoms with van der Waals surface area (Å²) in [6.45, 7) is 4.71. The number of rotatable bonds is 7. The highest BCUT2D eigenvalue weighted by molar-refractivity contribution is 5.77. The van der Waals surface area contributed by atoms with Crippen molar-refractivity contribution in [1.82, 2.24) is 24.8 Å². The Bertz CT molecular complexity index is 1420. The molecule has 2 saturated heterocycles. The maximum Gasteiger partial charge on any atom is 0.248 e. The lowest BCUT2D eigenvalue weighted by atomic mass is 10.0. The van der Waals surface area contributed by atoms with E-state index in [2.05, 4.69) is 62.2 Å². The topological polar surface area (TPSA) is 131 Å². The zero-order chi connectivity index (χ0) is 28.9. The highest BCUT2D eigenvalue weighted by Gasteiger charge is 2.33. The van der Waals surface area contributed by atoms with Crippen LogP contribution < -0.4 is 15.0 Å². The Morgan fingerprint density at radius 2 is 1.98 bits per heavy atom. The van der Waals surface area contributed by atoms with E-state index in [-0.39, 0.29) is 30.8 Å². The molecule has 2 aliphatic heterocycles. The maximum absolute atomic E-state index is 14.7. The van der Waals surface area contributed by atoms with E-state index in [1.165, 1.54) is 16.9 Å². The number of carbonyl (C=O) groups is 1. The van der Waals surface area contributed by atoms with E-state index in [1.807, 2.05) is 12.1 Å². The summed E-state index contributed by atoms with van der Waals surface area (Å²) in [4.78, 5) is 30.7. The average Bonchev–Trinajstić information content (AvgIpc) is 2.98. The van der Waals surface area contributed by atoms with Crippen LogP contribution >= 0.6 is 0 Å². The van der Waals surface area contributed by atoms with Crippen molar-refractivity contribution in [2.45, 2.75) is 31.7 Å². The predicted molar refractivity (Wildman–Crippen MR) is 152 cm³/mol. The van der Waals surface area contributed by atoms with Crippen LogP contribution in [0, 0.1) is 11.3 Å². The molecule has 0 spiro atoms. The van der Waals surface area contributed by atoms with E-state index in [1.54, 1.807) is 18.2 Å². The zero-order valence-corrected chi connectivity index (χ0v) is 23.1. The summed E-state index contributed by atoms with van der Waals surface area (Å²) in [6.07, 6.45) is -0.607. The SMILES string of the molecule is C[C@H]1CN(C)CCN1c1ccc(Nc2ncnc(-c3ccc(O[C@H]4CCN(C(=O)CO)C[C@@H]4F)c(C#N)c3)n2)cc1. The van der Waals surface area contributed by atoms with E-state index >= 15 is 0 Å². The van der Waals surface area contributed by atoms with Gasteiger partial charge in [0.05, 0.1) is 12.1 Å². The molecule has 41 heavy (non-hydrogen) atoms. The molecule has 5 rings (SSSR count). The molecule has 1 aromatic heterocycles. The van der Waals surface area contributed by atoms with Crippen molar-refractivity contribution >= 4 is 23.2 Å². The largest absolute Gasteiger partial charge is 0.486 e. The number of carbonyl (C=O) groups excluding carboxylic acids is 1. The van der Waals surface area contributed by atoms with Crippen LogP contribution in [-0.2, 0) is 4.79 Å². The van der Waals surface area contributed by atoms with E-state index in [4.69, 9.17) is 9.84 Å². The van der Waals surface area contributed by atoms with Crippen LogP contribution in [0.3, 0.4) is 0 Å². The van der Waals surface area contributed by atoms with Gasteiger partial charge >= 0.3 is 0 Å². The van der Waals surface area contributed by atoms with Gasteiger partial charge in [-0.15, -0.1) is 0 Å². The van der Waals surface area contributed by atoms with E-state index in [0.717, 1.165) is 25.3 Å². The fourth-order valence-corrected chi connectivity index (χ4v) is 5.25. The molecule has 3 heterocycles. The Morgan fingerprint density at radius 3 is 2.68 bits per heavy atom. The van der Waals surface area contributed by atoms with Crippen LogP contribution in [0.2, 0.25) is 0 Å². The minimum absolute atomic E-state index is 0.164. The number of ether oxygens (including phenoxy) is 1. The third-order valence-electron chi connectivity index (χ3n) is 7.46. The van der Waals surface area contributed by atoms with Crippen molar-refractivity contribution in [2.24, 2.45) is 0 Å². The summed E-state index contributed by atoms with van der Waals surface area (Å²) in [7, 11) is 2.14. The monoisotopic (exact) mass is 560 g/mol. The third-order valence-corrected chi connectivity index (χ3v) is 7.46. The summed E-state index contributed by atoms with van der Waals surface area (Å²) < 4.78 is 20.6. The van der Waals surface area contributed by atoms with Crippen LogP contribution in [0.5, 0.6) is 5.75 Å². The molecule has 2 fully saturated rings. The lowest BCUT2D eigenvalue weighted by molar-refractivity contribution is -0.138. The standard InChI is InChI=1S/C29H33FN8O3/c1-19-15-36(2)11-12-38(19)23-6-4-22(5-7-23)34-29-33-18-32-28(35-29)20-3-8-25(21(13-20)14-31)41-26-9-10-37(16-24(26)30)27(40)17-39/h3-8,13,18-19,24,26,39H,9-12,15-17H2,1-2H3,(H,32,33,34,35)/t19-,24-,26-/m0/s1. The van der Waals surface area contributed by atoms with Gasteiger partial charge in [0.25, 0.3) is 0 Å². The fourth-order valence-electron chi connectivity index (χ4n) is 5.25. The predicted octanol–water partition coefficient (Wildman–Crippen LogP) is 2.60. The number of piperazine rings is 1. The third kappa shape index (κ3) is 6.53. The van der Waals surface area contributed by atoms with Crippen LogP contribution in [0.25, 0.3) is 11.4 Å². The van der Waals surface area contributed by atoms with Gasteiger partial charge in [0.2, 0.25) is 11.9 Å². The van der Waals surface area contributed by atoms with E-state index in [9.17, 15) is 14.4 Å². The normalized spacial score (nSPS) is 21.3. The second-order valence-corrected chi connectivity index (χ2v) is 10.4. The van der Waals surface area contributed by atoms with Gasteiger partial charge in [0.15, 0.2) is 12.0 Å². The van der Waals surface area contributed by atoms with Crippen LogP contribution in [0.1, 0.15) is 18.9 Å². The number of nitriles is 1. The number of hydrogen-bond acceptors (Lipinski definition) is 10. The molecule has 12 heteroatoms. The second kappa shape index (κ2) is 12.4. The molecule has 0 bridgehead atoms. The number of aromatic nitrogens is 3. The summed E-state index contributed by atoms with van der Waals surface area (Å²) in [6, 6.07) is 15.6. The number of aliphatic hydroxyl groups excluding tert-OH is 1. The molecular weight excluding hydrogens is 527 g/mol. The fraction of sp³-hybridized carbons (Fsp3) is 0.414. The smallest absolute Gasteiger partial charge is 0.248 e. The molecule has 2 aliphatic rings. The minimum Gasteiger partial charge on any atom is -0.486 e. The highest BCUT2D eigenvalue weighted by Crippen LogP contribution is 2.29. The van der Waals surface area contributed by atoms with Crippen molar-refractivity contribution < 1.29 is 19.0 Å². The summed E-state index contributed by atoms with van der Waals surface area (Å²) >= 11 is 0. The number of hydrogen-bond donors (Lipinski definition) is 2. The Balaban J connectivity index is 1.25. The Morgan fingerprint density at radius 1 is 1.17 bits per heavy atom. The molecule has 0 aliphatic carbocycles. The van der Waals surface area contributed by atoms with Crippen molar-refractivity contribution in [3.63, 3.8) is 0 Å². The highest BCUT2D eigenvalue weighted by atomic mass is 19.1. The van der Waals surface area contributed by atoms with Gasteiger partial charge in [-0.3, -0.25) is 4.79 Å². The number of anilines is 3. The Labute approximate surface area is 238 Å². The molecule has 2 N–H and O–H groups in total. The Kier molecular flexibility index (Phi) is 8.56. The van der Waals surface area contributed by atoms with Crippen LogP contribution in [0.4, 0.5) is 21.7 Å². The quantitative estimate of drug-likeness (QED) is 0.445. The number of nitrogens with one attached hydrogen (secondary N) is 1. The first-order valence-electron chi connectivity index (χ1n) is 13.6. The number of nitrogens with zero attached hydrogens (tertiary/aromatic N) is 7. The van der Waals surface area contributed by atoms with Gasteiger partial charge < -0.3 is 29.9 Å². The lowest BCUT2D eigenvalue weighted by Gasteiger charge is -2.39. The molecular formula is C29H33FN8O3. The minimum atomic E-state index is -1.44. The van der Waals surface area contributed by atoms with Gasteiger partial charge in [0, 0.05) is 55.6 Å². The number of alkyl halides is 1. The summed E-state index contributed by atoms with van der Waals surface area (Å²) in [5.41, 5.74) is 2.80. The van der Waals surface area contributed by atoms with E-state index in [0.29, 0.717) is 23.4 Å². The number of halogens is 1. The molecule has 0 saturated carbocycles. The number of benzene rings is 2. The Hall–Kier alpha value is -4.34. The van der Waals surface area contributed by atoms with Crippen molar-refractivity contribution in [3.05, 3.63) is 54.4 Å². The number of aliphatic hydroxyl groups is 1. The first kappa shape index (κ1) is 28.2. The number of amides is 1. The molecule has 0 unspecified atom stereocenters. The molecule has 214 valence electrons. The van der Waals surface area contributed by atoms with Gasteiger partial charge in [-0.05, 0) is 56.4 Å². The summed E-state index contributed by atoms with van der Waals surface area (Å²) in [5.74, 6) is 0.455. The number of likely N-dealkylation sites (tertiary alicyclic amines) is 1. The molecule has 11 nitrogen and oxygen atoms in total. The van der Waals surface area contributed by atoms with Gasteiger partial charge in [0.1, 0.15) is 30.9 Å². The van der Waals surface area contributed by atoms with Crippen molar-refractivity contribution in [2.75, 3.05) is 56.6 Å². The van der Waals surface area contributed by atoms with E-state index < -0.39 is 24.8 Å². The number of likely N-dealkylation sites (N-methyl/N-ethyl adjacent to an activating group) is 1. The van der Waals surface area contributed by atoms with Crippen LogP contribution in [-0.4, -0.2) is 100 Å². The second-order valence-electron chi connectivity index (χ2n) is 10.4. The first-order valence-corrected chi connectivity index (χ1v) is 13.6. The van der Waals surface area contributed by atoms with Crippen LogP contribution in [0.15, 0.2) is 48.8 Å². The van der Waals surface area contributed by atoms with Gasteiger partial charge in [-0.25, -0.2) is 14.4 Å². The average molecular weight is 561 g/mol. The molecule has 0 radical (unpaired) electrons. The molecule has 3 aromatic rings. The maximum atomic E-state index is 14.7. The molecule has 1 amide bonds. The van der Waals surface area contributed by atoms with Gasteiger partial charge in [-0.1, -0.05) is 0 Å². The first-order chi connectivity index (χ1) is 19.8. The van der Waals surface area contributed by atoms with Gasteiger partial charge in [-0.2, -0.15) is 10.2 Å². The molecule has 2 aromatic carbocycles. The number of piperidine rings is 1. The van der Waals surface area contributed by atoms with Crippen molar-refractivity contribution in [1.29, 1.82) is 5.26 Å². The van der Waals surface area contributed by atoms with Crippen molar-refractivity contribution in [3.8, 4) is 23.2 Å². The lowest BCUT2D eigenvalue weighted by Crippen LogP contribution is -2.50. The molecule has 3 atom stereocenters. The summed E-state index contributed by atoms with van der Waals surface area (Å²) in [5, 5.41) is 22.0.